The number of benzene rings is 2. The molecule has 0 bridgehead atoms. The first kappa shape index (κ1) is 13.8. The number of fused-ring (bicyclic) bond motifs is 2. The maximum absolute atomic E-state index is 12.9. The first-order valence-corrected chi connectivity index (χ1v) is 7.68. The summed E-state index contributed by atoms with van der Waals surface area (Å²) in [6, 6.07) is 15.6. The van der Waals surface area contributed by atoms with Gasteiger partial charge in [-0.15, -0.1) is 0 Å². The van der Waals surface area contributed by atoms with Gasteiger partial charge in [0.2, 0.25) is 0 Å². The van der Waals surface area contributed by atoms with Crippen LogP contribution in [0.5, 0.6) is 0 Å². The van der Waals surface area contributed by atoms with Crippen LogP contribution in [0.2, 0.25) is 0 Å². The first-order chi connectivity index (χ1) is 11.2. The van der Waals surface area contributed by atoms with Crippen LogP contribution in [0.1, 0.15) is 5.56 Å². The van der Waals surface area contributed by atoms with Gasteiger partial charge in [0.25, 0.3) is 5.56 Å². The van der Waals surface area contributed by atoms with Gasteiger partial charge < -0.3 is 4.98 Å². The standard InChI is InChI=1S/C18H13N3OS/c22-17-15-8-13-5-1-2-6-14(13)9-16(15)20-18(23)21(17)11-12-4-3-7-19-10-12/h1-10H,11H2,(H,20,23). The second kappa shape index (κ2) is 5.44. The summed E-state index contributed by atoms with van der Waals surface area (Å²) in [5, 5.41) is 2.76. The smallest absolute Gasteiger partial charge is 0.262 e. The molecule has 5 heteroatoms. The molecule has 2 aromatic carbocycles. The molecule has 112 valence electrons. The lowest BCUT2D eigenvalue weighted by Crippen LogP contribution is -2.22. The molecule has 0 saturated carbocycles. The second-order valence-electron chi connectivity index (χ2n) is 5.43. The van der Waals surface area contributed by atoms with Crippen molar-refractivity contribution in [1.82, 2.24) is 14.5 Å². The molecule has 0 fully saturated rings. The maximum Gasteiger partial charge on any atom is 0.262 e. The van der Waals surface area contributed by atoms with Gasteiger partial charge in [-0.2, -0.15) is 0 Å². The maximum atomic E-state index is 12.9. The predicted octanol–water partition coefficient (Wildman–Crippen LogP) is 3.66. The minimum atomic E-state index is -0.0849. The number of H-pyrrole nitrogens is 1. The minimum absolute atomic E-state index is 0.0849. The van der Waals surface area contributed by atoms with Crippen LogP contribution >= 0.6 is 12.2 Å². The van der Waals surface area contributed by atoms with Gasteiger partial charge in [0.05, 0.1) is 17.4 Å². The highest BCUT2D eigenvalue weighted by atomic mass is 32.1. The van der Waals surface area contributed by atoms with Crippen LogP contribution in [-0.2, 0) is 6.54 Å². The van der Waals surface area contributed by atoms with Crippen LogP contribution < -0.4 is 5.56 Å². The van der Waals surface area contributed by atoms with Crippen molar-refractivity contribution in [2.24, 2.45) is 0 Å². The molecule has 0 unspecified atom stereocenters. The van der Waals surface area contributed by atoms with Crippen molar-refractivity contribution in [3.05, 3.63) is 81.6 Å². The van der Waals surface area contributed by atoms with E-state index in [4.69, 9.17) is 12.2 Å². The van der Waals surface area contributed by atoms with E-state index in [0.717, 1.165) is 21.9 Å². The largest absolute Gasteiger partial charge is 0.332 e. The number of nitrogens with zero attached hydrogens (tertiary/aromatic N) is 2. The third-order valence-corrected chi connectivity index (χ3v) is 4.23. The monoisotopic (exact) mass is 319 g/mol. The topological polar surface area (TPSA) is 50.7 Å². The Bertz CT molecular complexity index is 1130. The van der Waals surface area contributed by atoms with Crippen molar-refractivity contribution >= 4 is 33.9 Å². The molecule has 0 saturated heterocycles. The van der Waals surface area contributed by atoms with Crippen LogP contribution in [0, 0.1) is 4.77 Å². The summed E-state index contributed by atoms with van der Waals surface area (Å²) in [6.07, 6.45) is 3.45. The van der Waals surface area contributed by atoms with E-state index in [2.05, 4.69) is 9.97 Å². The Morgan fingerprint density at radius 1 is 1.09 bits per heavy atom. The van der Waals surface area contributed by atoms with Gasteiger partial charge >= 0.3 is 0 Å². The van der Waals surface area contributed by atoms with Gasteiger partial charge in [-0.25, -0.2) is 0 Å². The average Bonchev–Trinajstić information content (AvgIpc) is 2.58. The van der Waals surface area contributed by atoms with Gasteiger partial charge in [-0.3, -0.25) is 14.3 Å². The Hall–Kier alpha value is -2.79. The number of rotatable bonds is 2. The molecule has 0 aliphatic rings. The summed E-state index contributed by atoms with van der Waals surface area (Å²) in [5.41, 5.74) is 1.62. The molecule has 0 atom stereocenters. The van der Waals surface area contributed by atoms with Gasteiger partial charge in [0, 0.05) is 12.4 Å². The minimum Gasteiger partial charge on any atom is -0.332 e. The highest BCUT2D eigenvalue weighted by molar-refractivity contribution is 7.71. The van der Waals surface area contributed by atoms with Crippen molar-refractivity contribution in [3.8, 4) is 0 Å². The normalized spacial score (nSPS) is 11.1. The molecular weight excluding hydrogens is 306 g/mol. The van der Waals surface area contributed by atoms with Crippen molar-refractivity contribution in [3.63, 3.8) is 0 Å². The molecular formula is C18H13N3OS. The van der Waals surface area contributed by atoms with E-state index < -0.39 is 0 Å². The summed E-state index contributed by atoms with van der Waals surface area (Å²) in [5.74, 6) is 0. The number of hydrogen-bond acceptors (Lipinski definition) is 3. The zero-order valence-electron chi connectivity index (χ0n) is 12.2. The molecule has 0 spiro atoms. The van der Waals surface area contributed by atoms with E-state index >= 15 is 0 Å². The molecule has 0 radical (unpaired) electrons. The van der Waals surface area contributed by atoms with Crippen molar-refractivity contribution in [1.29, 1.82) is 0 Å². The number of pyridine rings is 1. The van der Waals surface area contributed by atoms with Gasteiger partial charge in [0.1, 0.15) is 0 Å². The zero-order valence-corrected chi connectivity index (χ0v) is 13.0. The summed E-state index contributed by atoms with van der Waals surface area (Å²) in [6.45, 7) is 0.408. The molecule has 4 nitrogen and oxygen atoms in total. The molecule has 1 N–H and O–H groups in total. The Morgan fingerprint density at radius 2 is 1.87 bits per heavy atom. The zero-order chi connectivity index (χ0) is 15.8. The Balaban J connectivity index is 1.97. The van der Waals surface area contributed by atoms with Crippen LogP contribution in [0.15, 0.2) is 65.7 Å². The van der Waals surface area contributed by atoms with Gasteiger partial charge in [-0.1, -0.05) is 30.3 Å². The van der Waals surface area contributed by atoms with Crippen molar-refractivity contribution in [2.75, 3.05) is 0 Å². The summed E-state index contributed by atoms with van der Waals surface area (Å²) >= 11 is 5.38. The fourth-order valence-electron chi connectivity index (χ4n) is 2.76. The predicted molar refractivity (Wildman–Crippen MR) is 94.2 cm³/mol. The lowest BCUT2D eigenvalue weighted by Gasteiger charge is -2.09. The summed E-state index contributed by atoms with van der Waals surface area (Å²) in [4.78, 5) is 20.1. The average molecular weight is 319 g/mol. The lowest BCUT2D eigenvalue weighted by molar-refractivity contribution is 0.732. The van der Waals surface area contributed by atoms with Crippen LogP contribution in [0.25, 0.3) is 21.7 Å². The fraction of sp³-hybridized carbons (Fsp3) is 0.0556. The molecule has 4 aromatic rings. The molecule has 4 rings (SSSR count). The van der Waals surface area contributed by atoms with Crippen LogP contribution in [0.4, 0.5) is 0 Å². The molecule has 2 heterocycles. The number of aromatic nitrogens is 3. The molecule has 0 aliphatic carbocycles. The van der Waals surface area contributed by atoms with E-state index in [1.807, 2.05) is 48.5 Å². The molecule has 23 heavy (non-hydrogen) atoms. The Morgan fingerprint density at radius 3 is 2.61 bits per heavy atom. The van der Waals surface area contributed by atoms with E-state index in [0.29, 0.717) is 16.7 Å². The first-order valence-electron chi connectivity index (χ1n) is 7.27. The molecule has 0 aliphatic heterocycles. The third-order valence-electron chi connectivity index (χ3n) is 3.91. The van der Waals surface area contributed by atoms with E-state index in [-0.39, 0.29) is 5.56 Å². The number of aromatic amines is 1. The number of hydrogen-bond donors (Lipinski definition) is 1. The Labute approximate surface area is 137 Å². The van der Waals surface area contributed by atoms with Crippen molar-refractivity contribution < 1.29 is 0 Å². The summed E-state index contributed by atoms with van der Waals surface area (Å²) < 4.78 is 1.99. The third kappa shape index (κ3) is 2.45. The second-order valence-corrected chi connectivity index (χ2v) is 5.81. The quantitative estimate of drug-likeness (QED) is 0.453. The van der Waals surface area contributed by atoms with Crippen LogP contribution in [0.3, 0.4) is 0 Å². The fourth-order valence-corrected chi connectivity index (χ4v) is 3.02. The summed E-state index contributed by atoms with van der Waals surface area (Å²) in [7, 11) is 0. The Kier molecular flexibility index (Phi) is 3.28. The molecule has 2 aromatic heterocycles. The van der Waals surface area contributed by atoms with Crippen LogP contribution in [-0.4, -0.2) is 14.5 Å². The van der Waals surface area contributed by atoms with Gasteiger partial charge in [0.15, 0.2) is 4.77 Å². The molecule has 0 amide bonds. The lowest BCUT2D eigenvalue weighted by atomic mass is 10.1. The highest BCUT2D eigenvalue weighted by Gasteiger charge is 2.08. The van der Waals surface area contributed by atoms with E-state index in [1.165, 1.54) is 0 Å². The van der Waals surface area contributed by atoms with E-state index in [9.17, 15) is 4.79 Å². The van der Waals surface area contributed by atoms with Gasteiger partial charge in [-0.05, 0) is 46.8 Å². The highest BCUT2D eigenvalue weighted by Crippen LogP contribution is 2.19. The van der Waals surface area contributed by atoms with Crippen molar-refractivity contribution in [2.45, 2.75) is 6.54 Å². The van der Waals surface area contributed by atoms with E-state index in [1.54, 1.807) is 17.0 Å². The SMILES string of the molecule is O=c1c2cc3ccccc3cc2[nH]c(=S)n1Cc1cccnc1. The number of nitrogens with one attached hydrogen (secondary N) is 1.